The fraction of sp³-hybridized carbons (Fsp3) is 0.853. The third kappa shape index (κ3) is 59.1. The van der Waals surface area contributed by atoms with Crippen LogP contribution in [0.3, 0.4) is 0 Å². The number of hydrogen-bond acceptors (Lipinski definition) is 5. The maximum Gasteiger partial charge on any atom is 0.305 e. The van der Waals surface area contributed by atoms with E-state index in [1.54, 1.807) is 6.08 Å². The first-order valence-electron chi connectivity index (χ1n) is 32.9. The summed E-state index contributed by atoms with van der Waals surface area (Å²) < 4.78 is 5.47. The molecule has 0 saturated carbocycles. The van der Waals surface area contributed by atoms with Crippen LogP contribution in [-0.4, -0.2) is 47.4 Å². The topological polar surface area (TPSA) is 95.9 Å². The number of rotatable bonds is 61. The summed E-state index contributed by atoms with van der Waals surface area (Å²) in [6.07, 6.45) is 81.6. The van der Waals surface area contributed by atoms with E-state index >= 15 is 0 Å². The van der Waals surface area contributed by atoms with E-state index in [0.717, 1.165) is 57.8 Å². The first-order valence-corrected chi connectivity index (χ1v) is 32.9. The van der Waals surface area contributed by atoms with E-state index in [0.29, 0.717) is 19.4 Å². The Labute approximate surface area is 461 Å². The van der Waals surface area contributed by atoms with Gasteiger partial charge in [0.05, 0.1) is 25.4 Å². The molecule has 0 aromatic heterocycles. The van der Waals surface area contributed by atoms with Crippen LogP contribution >= 0.6 is 0 Å². The lowest BCUT2D eigenvalue weighted by atomic mass is 10.0. The van der Waals surface area contributed by atoms with E-state index in [4.69, 9.17) is 4.74 Å². The van der Waals surface area contributed by atoms with Gasteiger partial charge in [-0.25, -0.2) is 0 Å². The number of aliphatic hydroxyl groups is 2. The number of esters is 1. The zero-order valence-electron chi connectivity index (χ0n) is 49.6. The average molecular weight is 1040 g/mol. The van der Waals surface area contributed by atoms with Gasteiger partial charge in [-0.1, -0.05) is 300 Å². The lowest BCUT2D eigenvalue weighted by Gasteiger charge is -2.20. The van der Waals surface area contributed by atoms with Crippen LogP contribution in [0.25, 0.3) is 0 Å². The zero-order chi connectivity index (χ0) is 53.6. The summed E-state index contributed by atoms with van der Waals surface area (Å²) in [6.45, 7) is 4.85. The van der Waals surface area contributed by atoms with Crippen LogP contribution in [0, 0.1) is 0 Å². The number of unbranched alkanes of at least 4 members (excludes halogenated alkanes) is 44. The normalized spacial score (nSPS) is 12.9. The minimum atomic E-state index is -0.851. The second-order valence-electron chi connectivity index (χ2n) is 22.4. The molecule has 0 aliphatic heterocycles. The highest BCUT2D eigenvalue weighted by atomic mass is 16.5. The molecule has 0 rings (SSSR count). The lowest BCUT2D eigenvalue weighted by Crippen LogP contribution is -2.45. The molecule has 2 unspecified atom stereocenters. The van der Waals surface area contributed by atoms with E-state index in [1.165, 1.54) is 263 Å². The molecule has 6 nitrogen and oxygen atoms in total. The predicted molar refractivity (Wildman–Crippen MR) is 324 cm³/mol. The molecule has 0 aliphatic rings. The summed E-state index contributed by atoms with van der Waals surface area (Å²) in [5.74, 6) is -0.0787. The van der Waals surface area contributed by atoms with Crippen molar-refractivity contribution in [3.8, 4) is 0 Å². The second-order valence-corrected chi connectivity index (χ2v) is 22.4. The highest BCUT2D eigenvalue weighted by molar-refractivity contribution is 5.76. The van der Waals surface area contributed by atoms with E-state index < -0.39 is 12.1 Å². The minimum absolute atomic E-state index is 0.00602. The number of carbonyl (C=O) groups is 2. The molecule has 434 valence electrons. The molecule has 2 atom stereocenters. The fourth-order valence-corrected chi connectivity index (χ4v) is 10.0. The van der Waals surface area contributed by atoms with Gasteiger partial charge in [-0.3, -0.25) is 9.59 Å². The van der Waals surface area contributed by atoms with Crippen molar-refractivity contribution in [3.05, 3.63) is 48.6 Å². The summed E-state index contributed by atoms with van der Waals surface area (Å²) in [4.78, 5) is 24.5. The summed E-state index contributed by atoms with van der Waals surface area (Å²) in [5, 5.41) is 23.2. The smallest absolute Gasteiger partial charge is 0.305 e. The van der Waals surface area contributed by atoms with Crippen molar-refractivity contribution in [2.24, 2.45) is 0 Å². The van der Waals surface area contributed by atoms with Crippen LogP contribution in [0.1, 0.15) is 348 Å². The molecule has 74 heavy (non-hydrogen) atoms. The van der Waals surface area contributed by atoms with Gasteiger partial charge in [0.1, 0.15) is 0 Å². The molecule has 0 aliphatic carbocycles. The van der Waals surface area contributed by atoms with E-state index in [1.807, 2.05) is 6.08 Å². The number of ether oxygens (including phenoxy) is 1. The van der Waals surface area contributed by atoms with Gasteiger partial charge in [0.2, 0.25) is 5.91 Å². The molecule has 3 N–H and O–H groups in total. The first-order chi connectivity index (χ1) is 36.5. The number of amides is 1. The van der Waals surface area contributed by atoms with Crippen LogP contribution in [-0.2, 0) is 14.3 Å². The van der Waals surface area contributed by atoms with E-state index in [9.17, 15) is 19.8 Å². The first kappa shape index (κ1) is 71.8. The van der Waals surface area contributed by atoms with Crippen molar-refractivity contribution in [3.63, 3.8) is 0 Å². The van der Waals surface area contributed by atoms with Gasteiger partial charge >= 0.3 is 5.97 Å². The maximum atomic E-state index is 12.5. The third-order valence-electron chi connectivity index (χ3n) is 15.0. The molecule has 1 amide bonds. The molecule has 0 spiro atoms. The third-order valence-corrected chi connectivity index (χ3v) is 15.0. The van der Waals surface area contributed by atoms with Crippen molar-refractivity contribution in [1.82, 2.24) is 5.32 Å². The van der Waals surface area contributed by atoms with Gasteiger partial charge in [-0.2, -0.15) is 0 Å². The maximum absolute atomic E-state index is 12.5. The van der Waals surface area contributed by atoms with Crippen LogP contribution < -0.4 is 5.32 Å². The molecule has 0 aromatic carbocycles. The van der Waals surface area contributed by atoms with Crippen LogP contribution in [0.15, 0.2) is 48.6 Å². The Balaban J connectivity index is 3.46. The molecule has 0 radical (unpaired) electrons. The highest BCUT2D eigenvalue weighted by Crippen LogP contribution is 2.17. The molecule has 0 aromatic rings. The lowest BCUT2D eigenvalue weighted by molar-refractivity contribution is -0.143. The Morgan fingerprint density at radius 3 is 1.09 bits per heavy atom. The van der Waals surface area contributed by atoms with Crippen LogP contribution in [0.4, 0.5) is 0 Å². The molecule has 0 heterocycles. The van der Waals surface area contributed by atoms with Crippen molar-refractivity contribution < 1.29 is 24.5 Å². The number of carbonyl (C=O) groups excluding carboxylic acids is 2. The number of hydrogen-bond donors (Lipinski definition) is 3. The van der Waals surface area contributed by atoms with Crippen molar-refractivity contribution in [1.29, 1.82) is 0 Å². The number of nitrogens with one attached hydrogen (secondary N) is 1. The average Bonchev–Trinajstić information content (AvgIpc) is 3.40. The van der Waals surface area contributed by atoms with Gasteiger partial charge in [-0.15, -0.1) is 0 Å². The van der Waals surface area contributed by atoms with E-state index in [2.05, 4.69) is 55.6 Å². The quantitative estimate of drug-likeness (QED) is 0.0320. The van der Waals surface area contributed by atoms with Crippen LogP contribution in [0.5, 0.6) is 0 Å². The Hall–Kier alpha value is -2.18. The molecule has 0 bridgehead atoms. The van der Waals surface area contributed by atoms with Gasteiger partial charge < -0.3 is 20.3 Å². The van der Waals surface area contributed by atoms with Crippen molar-refractivity contribution in [2.45, 2.75) is 360 Å². The van der Waals surface area contributed by atoms with Gasteiger partial charge in [-0.05, 0) is 83.5 Å². The Morgan fingerprint density at radius 2 is 0.703 bits per heavy atom. The predicted octanol–water partition coefficient (Wildman–Crippen LogP) is 20.9. The Bertz CT molecular complexity index is 1240. The van der Waals surface area contributed by atoms with Gasteiger partial charge in [0, 0.05) is 12.8 Å². The number of allylic oxidation sites excluding steroid dienone is 7. The molecule has 0 saturated heterocycles. The van der Waals surface area contributed by atoms with E-state index in [-0.39, 0.29) is 18.5 Å². The summed E-state index contributed by atoms with van der Waals surface area (Å²) in [7, 11) is 0. The van der Waals surface area contributed by atoms with Gasteiger partial charge in [0.25, 0.3) is 0 Å². The Morgan fingerprint density at radius 1 is 0.378 bits per heavy atom. The minimum Gasteiger partial charge on any atom is -0.466 e. The molecule has 6 heteroatoms. The Kier molecular flexibility index (Phi) is 61.5. The van der Waals surface area contributed by atoms with Crippen molar-refractivity contribution in [2.75, 3.05) is 13.2 Å². The molecular weight excluding hydrogens is 911 g/mol. The fourth-order valence-electron chi connectivity index (χ4n) is 10.0. The summed E-state index contributed by atoms with van der Waals surface area (Å²) in [6, 6.07) is -0.635. The van der Waals surface area contributed by atoms with Gasteiger partial charge in [0.15, 0.2) is 0 Å². The number of aliphatic hydroxyl groups excluding tert-OH is 2. The largest absolute Gasteiger partial charge is 0.466 e. The highest BCUT2D eigenvalue weighted by Gasteiger charge is 2.18. The van der Waals surface area contributed by atoms with Crippen LogP contribution in [0.2, 0.25) is 0 Å². The zero-order valence-corrected chi connectivity index (χ0v) is 49.6. The monoisotopic (exact) mass is 1040 g/mol. The standard InChI is InChI=1S/C68H127NO5/c1-3-5-7-9-11-13-15-17-18-19-20-21-24-27-30-33-37-40-44-48-52-56-60-66(71)65(64-70)69-67(72)61-57-53-49-45-41-38-34-31-28-25-22-23-26-29-32-35-39-43-47-51-55-59-63-74-68(73)62-58-54-50-46-42-36-16-14-12-10-8-6-4-2/h8,10,14,16,25,28,56,60,65-66,70-71H,3-7,9,11-13,15,17-24,26-27,29-55,57-59,61-64H2,1-2H3,(H,69,72)/b10-8-,16-14-,28-25-,60-56+. The SMILES string of the molecule is CCC/C=C\C/C=C\CCCCCCCC(=O)OCCCCCCCCCCCCC/C=C\CCCCCCCCCC(=O)NC(CO)C(O)/C=C/CCCCCCCCCCCCCCCCCCCCCC. The molecular formula is C68H127NO5. The molecule has 0 fully saturated rings. The van der Waals surface area contributed by atoms with Crippen molar-refractivity contribution >= 4 is 11.9 Å². The second kappa shape index (κ2) is 63.4. The summed E-state index contributed by atoms with van der Waals surface area (Å²) >= 11 is 0. The summed E-state index contributed by atoms with van der Waals surface area (Å²) in [5.41, 5.74) is 0.